The van der Waals surface area contributed by atoms with Crippen molar-refractivity contribution < 1.29 is 9.59 Å². The summed E-state index contributed by atoms with van der Waals surface area (Å²) in [6.45, 7) is 3.97. The Balaban J connectivity index is 2.08. The molecule has 0 saturated heterocycles. The Morgan fingerprint density at radius 3 is 2.32 bits per heavy atom. The number of benzene rings is 2. The van der Waals surface area contributed by atoms with Crippen LogP contribution in [0, 0.1) is 0 Å². The van der Waals surface area contributed by atoms with E-state index in [1.807, 2.05) is 32.0 Å². The largest absolute Gasteiger partial charge is 0.350 e. The third-order valence-corrected chi connectivity index (χ3v) is 3.41. The number of carbonyl (C=O) groups excluding carboxylic acids is 2. The Labute approximate surface area is 130 Å². The molecule has 0 bridgehead atoms. The molecule has 2 rings (SSSR count). The normalized spacial score (nSPS) is 11.5. The predicted octanol–water partition coefficient (Wildman–Crippen LogP) is 3.47. The lowest BCUT2D eigenvalue weighted by molar-refractivity contribution is 0.0938. The Morgan fingerprint density at radius 2 is 1.64 bits per heavy atom. The van der Waals surface area contributed by atoms with Crippen molar-refractivity contribution in [1.29, 1.82) is 0 Å². The molecule has 2 aromatic rings. The van der Waals surface area contributed by atoms with Gasteiger partial charge in [0.2, 0.25) is 0 Å². The smallest absolute Gasteiger partial charge is 0.255 e. The van der Waals surface area contributed by atoms with Crippen molar-refractivity contribution in [3.63, 3.8) is 0 Å². The number of anilines is 1. The first-order chi connectivity index (χ1) is 10.6. The summed E-state index contributed by atoms with van der Waals surface area (Å²) in [5.41, 5.74) is 1.72. The maximum Gasteiger partial charge on any atom is 0.255 e. The summed E-state index contributed by atoms with van der Waals surface area (Å²) < 4.78 is 0. The SMILES string of the molecule is CCC(C)NC(=O)c1cccc(NC(=O)c2ccccc2)c1. The number of hydrogen-bond acceptors (Lipinski definition) is 2. The number of amides is 2. The van der Waals surface area contributed by atoms with Crippen LogP contribution in [0.25, 0.3) is 0 Å². The third kappa shape index (κ3) is 4.19. The van der Waals surface area contributed by atoms with Crippen LogP contribution >= 0.6 is 0 Å². The number of carbonyl (C=O) groups is 2. The summed E-state index contributed by atoms with van der Waals surface area (Å²) in [7, 11) is 0. The van der Waals surface area contributed by atoms with Gasteiger partial charge in [-0.2, -0.15) is 0 Å². The molecule has 0 spiro atoms. The van der Waals surface area contributed by atoms with Crippen LogP contribution in [0.3, 0.4) is 0 Å². The summed E-state index contributed by atoms with van der Waals surface area (Å²) in [6, 6.07) is 16.0. The first kappa shape index (κ1) is 15.8. The van der Waals surface area contributed by atoms with Crippen LogP contribution in [-0.2, 0) is 0 Å². The van der Waals surface area contributed by atoms with E-state index in [4.69, 9.17) is 0 Å². The van der Waals surface area contributed by atoms with Gasteiger partial charge < -0.3 is 10.6 Å². The van der Waals surface area contributed by atoms with Crippen molar-refractivity contribution in [2.24, 2.45) is 0 Å². The third-order valence-electron chi connectivity index (χ3n) is 3.41. The van der Waals surface area contributed by atoms with Crippen molar-refractivity contribution >= 4 is 17.5 Å². The molecule has 0 aliphatic heterocycles. The minimum atomic E-state index is -0.194. The summed E-state index contributed by atoms with van der Waals surface area (Å²) in [6.07, 6.45) is 0.871. The van der Waals surface area contributed by atoms with Gasteiger partial charge in [0.25, 0.3) is 11.8 Å². The number of hydrogen-bond donors (Lipinski definition) is 2. The molecule has 1 atom stereocenters. The van der Waals surface area contributed by atoms with Gasteiger partial charge in [-0.15, -0.1) is 0 Å². The second-order valence-electron chi connectivity index (χ2n) is 5.18. The lowest BCUT2D eigenvalue weighted by atomic mass is 10.1. The second kappa shape index (κ2) is 7.41. The van der Waals surface area contributed by atoms with Crippen LogP contribution in [0.4, 0.5) is 5.69 Å². The Morgan fingerprint density at radius 1 is 0.955 bits per heavy atom. The van der Waals surface area contributed by atoms with E-state index in [9.17, 15) is 9.59 Å². The summed E-state index contributed by atoms with van der Waals surface area (Å²) in [4.78, 5) is 24.2. The van der Waals surface area contributed by atoms with Crippen molar-refractivity contribution in [2.75, 3.05) is 5.32 Å². The minimum absolute atomic E-state index is 0.120. The zero-order chi connectivity index (χ0) is 15.9. The van der Waals surface area contributed by atoms with E-state index in [2.05, 4.69) is 10.6 Å². The highest BCUT2D eigenvalue weighted by Gasteiger charge is 2.10. The van der Waals surface area contributed by atoms with Crippen molar-refractivity contribution in [1.82, 2.24) is 5.32 Å². The Hall–Kier alpha value is -2.62. The Bertz CT molecular complexity index is 653. The van der Waals surface area contributed by atoms with E-state index in [1.54, 1.807) is 36.4 Å². The summed E-state index contributed by atoms with van der Waals surface area (Å²) in [5.74, 6) is -0.328. The van der Waals surface area contributed by atoms with Crippen LogP contribution in [0.2, 0.25) is 0 Å². The van der Waals surface area contributed by atoms with E-state index < -0.39 is 0 Å². The zero-order valence-corrected chi connectivity index (χ0v) is 12.8. The minimum Gasteiger partial charge on any atom is -0.350 e. The van der Waals surface area contributed by atoms with Crippen LogP contribution in [-0.4, -0.2) is 17.9 Å². The van der Waals surface area contributed by atoms with Crippen LogP contribution < -0.4 is 10.6 Å². The molecule has 0 aromatic heterocycles. The summed E-state index contributed by atoms with van der Waals surface area (Å²) >= 11 is 0. The number of nitrogens with one attached hydrogen (secondary N) is 2. The second-order valence-corrected chi connectivity index (χ2v) is 5.18. The fourth-order valence-corrected chi connectivity index (χ4v) is 1.94. The van der Waals surface area contributed by atoms with Gasteiger partial charge >= 0.3 is 0 Å². The van der Waals surface area contributed by atoms with Crippen molar-refractivity contribution in [3.8, 4) is 0 Å². The maximum atomic E-state index is 12.1. The van der Waals surface area contributed by atoms with Gasteiger partial charge in [0.1, 0.15) is 0 Å². The Kier molecular flexibility index (Phi) is 5.31. The van der Waals surface area contributed by atoms with Gasteiger partial charge in [-0.1, -0.05) is 31.2 Å². The van der Waals surface area contributed by atoms with Crippen LogP contribution in [0.5, 0.6) is 0 Å². The van der Waals surface area contributed by atoms with Gasteiger partial charge in [0.05, 0.1) is 0 Å². The van der Waals surface area contributed by atoms with Gasteiger partial charge in [-0.3, -0.25) is 9.59 Å². The molecular formula is C18H20N2O2. The van der Waals surface area contributed by atoms with Gasteiger partial charge in [0, 0.05) is 22.9 Å². The molecule has 2 N–H and O–H groups in total. The van der Waals surface area contributed by atoms with Crippen LogP contribution in [0.1, 0.15) is 41.0 Å². The highest BCUT2D eigenvalue weighted by molar-refractivity contribution is 6.05. The zero-order valence-electron chi connectivity index (χ0n) is 12.8. The molecule has 0 aliphatic carbocycles. The lowest BCUT2D eigenvalue weighted by Crippen LogP contribution is -2.31. The summed E-state index contributed by atoms with van der Waals surface area (Å²) in [5, 5.41) is 5.71. The molecule has 0 aliphatic rings. The van der Waals surface area contributed by atoms with E-state index in [0.717, 1.165) is 6.42 Å². The highest BCUT2D eigenvalue weighted by Crippen LogP contribution is 2.13. The fraction of sp³-hybridized carbons (Fsp3) is 0.222. The first-order valence-electron chi connectivity index (χ1n) is 7.37. The topological polar surface area (TPSA) is 58.2 Å². The van der Waals surface area contributed by atoms with Gasteiger partial charge in [0.15, 0.2) is 0 Å². The maximum absolute atomic E-state index is 12.1. The van der Waals surface area contributed by atoms with E-state index in [-0.39, 0.29) is 17.9 Å². The monoisotopic (exact) mass is 296 g/mol. The molecule has 4 nitrogen and oxygen atoms in total. The van der Waals surface area contributed by atoms with Crippen molar-refractivity contribution in [3.05, 3.63) is 65.7 Å². The molecular weight excluding hydrogens is 276 g/mol. The first-order valence-corrected chi connectivity index (χ1v) is 7.37. The van der Waals surface area contributed by atoms with Crippen molar-refractivity contribution in [2.45, 2.75) is 26.3 Å². The molecule has 0 fully saturated rings. The number of rotatable bonds is 5. The van der Waals surface area contributed by atoms with E-state index in [0.29, 0.717) is 16.8 Å². The molecule has 0 radical (unpaired) electrons. The molecule has 114 valence electrons. The van der Waals surface area contributed by atoms with Gasteiger partial charge in [-0.25, -0.2) is 0 Å². The predicted molar refractivity (Wildman–Crippen MR) is 88.1 cm³/mol. The molecule has 2 aromatic carbocycles. The molecule has 0 saturated carbocycles. The molecule has 22 heavy (non-hydrogen) atoms. The van der Waals surface area contributed by atoms with Crippen LogP contribution in [0.15, 0.2) is 54.6 Å². The lowest BCUT2D eigenvalue weighted by Gasteiger charge is -2.12. The molecule has 1 unspecified atom stereocenters. The molecule has 4 heteroatoms. The quantitative estimate of drug-likeness (QED) is 0.887. The standard InChI is InChI=1S/C18H20N2O2/c1-3-13(2)19-18(22)15-10-7-11-16(12-15)20-17(21)14-8-5-4-6-9-14/h4-13H,3H2,1-2H3,(H,19,22)(H,20,21). The van der Waals surface area contributed by atoms with Gasteiger partial charge in [-0.05, 0) is 43.7 Å². The fourth-order valence-electron chi connectivity index (χ4n) is 1.94. The highest BCUT2D eigenvalue weighted by atomic mass is 16.2. The molecule has 0 heterocycles. The molecule has 2 amide bonds. The average molecular weight is 296 g/mol. The average Bonchev–Trinajstić information content (AvgIpc) is 2.55. The van der Waals surface area contributed by atoms with E-state index >= 15 is 0 Å². The van der Waals surface area contributed by atoms with E-state index in [1.165, 1.54) is 0 Å².